The van der Waals surface area contributed by atoms with Gasteiger partial charge in [0.05, 0.1) is 0 Å². The molecule has 0 amide bonds. The number of fused-ring (bicyclic) bond motifs is 1. The molecule has 0 bridgehead atoms. The largest absolute Gasteiger partial charge is 0.482 e. The minimum atomic E-state index is -0.134. The molecule has 1 aliphatic rings. The second-order valence-corrected chi connectivity index (χ2v) is 5.80. The summed E-state index contributed by atoms with van der Waals surface area (Å²) in [6, 6.07) is 8.05. The molecule has 0 spiro atoms. The summed E-state index contributed by atoms with van der Waals surface area (Å²) in [5.41, 5.74) is 3.16. The van der Waals surface area contributed by atoms with Gasteiger partial charge in [0, 0.05) is 17.7 Å². The number of benzene rings is 1. The van der Waals surface area contributed by atoms with Gasteiger partial charge in [0.25, 0.3) is 0 Å². The minimum absolute atomic E-state index is 0.134. The van der Waals surface area contributed by atoms with E-state index in [0.717, 1.165) is 23.4 Å². The Hall–Kier alpha value is -1.61. The van der Waals surface area contributed by atoms with E-state index in [2.05, 4.69) is 29.9 Å². The van der Waals surface area contributed by atoms with Crippen LogP contribution in [0.25, 0.3) is 0 Å². The molecule has 0 N–H and O–H groups in total. The maximum absolute atomic E-state index is 6.31. The topological polar surface area (TPSA) is 35.0 Å². The Bertz CT molecular complexity index is 607. The van der Waals surface area contributed by atoms with Crippen LogP contribution in [0.1, 0.15) is 48.5 Å². The molecule has 0 aliphatic carbocycles. The van der Waals surface area contributed by atoms with Crippen LogP contribution >= 0.6 is 11.6 Å². The summed E-state index contributed by atoms with van der Waals surface area (Å²) in [6.45, 7) is 6.17. The van der Waals surface area contributed by atoms with Crippen LogP contribution in [0, 0.1) is 6.92 Å². The molecular weight excluding hydrogens is 272 g/mol. The Morgan fingerprint density at radius 3 is 2.65 bits per heavy atom. The lowest BCUT2D eigenvalue weighted by Crippen LogP contribution is -2.12. The van der Waals surface area contributed by atoms with Crippen LogP contribution in [0.4, 0.5) is 0 Å². The predicted molar refractivity (Wildman–Crippen MR) is 79.4 cm³/mol. The van der Waals surface area contributed by atoms with E-state index in [1.54, 1.807) is 0 Å². The molecule has 1 atom stereocenters. The van der Waals surface area contributed by atoms with Crippen LogP contribution in [0.15, 0.2) is 24.3 Å². The average molecular weight is 289 g/mol. The van der Waals surface area contributed by atoms with Crippen molar-refractivity contribution in [1.29, 1.82) is 0 Å². The summed E-state index contributed by atoms with van der Waals surface area (Å²) in [6.07, 6.45) is 0.664. The molecule has 3 rings (SSSR count). The number of halogens is 1. The van der Waals surface area contributed by atoms with Crippen molar-refractivity contribution in [2.75, 3.05) is 0 Å². The van der Waals surface area contributed by atoms with Gasteiger partial charge < -0.3 is 4.74 Å². The van der Waals surface area contributed by atoms with Crippen LogP contribution in [-0.2, 0) is 6.42 Å². The normalized spacial score (nSPS) is 17.1. The molecule has 0 radical (unpaired) electrons. The molecule has 104 valence electrons. The van der Waals surface area contributed by atoms with Gasteiger partial charge in [-0.05, 0) is 24.5 Å². The van der Waals surface area contributed by atoms with E-state index in [-0.39, 0.29) is 6.10 Å². The monoisotopic (exact) mass is 288 g/mol. The lowest BCUT2D eigenvalue weighted by molar-refractivity contribution is 0.227. The van der Waals surface area contributed by atoms with Crippen LogP contribution in [-0.4, -0.2) is 9.97 Å². The second kappa shape index (κ2) is 5.06. The highest BCUT2D eigenvalue weighted by molar-refractivity contribution is 6.30. The Morgan fingerprint density at radius 1 is 1.25 bits per heavy atom. The van der Waals surface area contributed by atoms with Crippen molar-refractivity contribution >= 4 is 11.6 Å². The molecule has 1 aromatic heterocycles. The maximum atomic E-state index is 6.31. The highest BCUT2D eigenvalue weighted by Crippen LogP contribution is 2.36. The highest BCUT2D eigenvalue weighted by Gasteiger charge is 2.27. The van der Waals surface area contributed by atoms with E-state index >= 15 is 0 Å². The first kappa shape index (κ1) is 13.4. The smallest absolute Gasteiger partial charge is 0.171 e. The van der Waals surface area contributed by atoms with E-state index < -0.39 is 0 Å². The van der Waals surface area contributed by atoms with E-state index in [4.69, 9.17) is 16.3 Å². The maximum Gasteiger partial charge on any atom is 0.171 e. The fourth-order valence-electron chi connectivity index (χ4n) is 2.69. The van der Waals surface area contributed by atoms with E-state index in [0.29, 0.717) is 16.9 Å². The lowest BCUT2D eigenvalue weighted by Gasteiger charge is -2.15. The first-order valence-corrected chi connectivity index (χ1v) is 7.22. The number of ether oxygens (including phenoxy) is 1. The van der Waals surface area contributed by atoms with Crippen molar-refractivity contribution in [2.24, 2.45) is 0 Å². The van der Waals surface area contributed by atoms with Gasteiger partial charge in [0.1, 0.15) is 10.9 Å². The van der Waals surface area contributed by atoms with E-state index in [1.807, 2.05) is 25.1 Å². The molecule has 2 heterocycles. The Morgan fingerprint density at radius 2 is 2.00 bits per heavy atom. The zero-order valence-corrected chi connectivity index (χ0v) is 12.6. The van der Waals surface area contributed by atoms with Crippen LogP contribution in [0.5, 0.6) is 5.75 Å². The molecule has 1 aromatic carbocycles. The number of aromatic nitrogens is 2. The number of aryl methyl sites for hydroxylation is 1. The first-order valence-electron chi connectivity index (χ1n) is 6.84. The fraction of sp³-hybridized carbons (Fsp3) is 0.375. The highest BCUT2D eigenvalue weighted by atomic mass is 35.5. The van der Waals surface area contributed by atoms with Gasteiger partial charge >= 0.3 is 0 Å². The number of nitrogens with zero attached hydrogens (tertiary/aromatic N) is 2. The molecule has 0 fully saturated rings. The molecule has 1 unspecified atom stereocenters. The molecular formula is C16H17ClN2O. The zero-order valence-electron chi connectivity index (χ0n) is 11.9. The van der Waals surface area contributed by atoms with Crippen molar-refractivity contribution in [3.8, 4) is 5.75 Å². The number of rotatable bonds is 2. The third-order valence-corrected chi connectivity index (χ3v) is 3.91. The van der Waals surface area contributed by atoms with Crippen molar-refractivity contribution < 1.29 is 4.74 Å². The summed E-state index contributed by atoms with van der Waals surface area (Å²) in [5.74, 6) is 1.91. The molecule has 4 heteroatoms. The van der Waals surface area contributed by atoms with Gasteiger partial charge in [0.15, 0.2) is 11.9 Å². The standard InChI is InChI=1S/C16H17ClN2O/c1-9(2)14-10(3)18-16(19-15(14)17)13-8-11-6-4-5-7-12(11)20-13/h4-7,9,13H,8H2,1-3H3. The van der Waals surface area contributed by atoms with Gasteiger partial charge in [-0.1, -0.05) is 43.6 Å². The van der Waals surface area contributed by atoms with Crippen molar-refractivity contribution in [3.63, 3.8) is 0 Å². The van der Waals surface area contributed by atoms with E-state index in [1.165, 1.54) is 5.56 Å². The fourth-order valence-corrected chi connectivity index (χ4v) is 3.13. The zero-order chi connectivity index (χ0) is 14.3. The molecule has 2 aromatic rings. The Labute approximate surface area is 124 Å². The third-order valence-electron chi connectivity index (χ3n) is 3.62. The predicted octanol–water partition coefficient (Wildman–Crippen LogP) is 4.24. The number of hydrogen-bond donors (Lipinski definition) is 0. The lowest BCUT2D eigenvalue weighted by atomic mass is 10.0. The van der Waals surface area contributed by atoms with Crippen molar-refractivity contribution in [3.05, 3.63) is 52.1 Å². The van der Waals surface area contributed by atoms with Crippen molar-refractivity contribution in [1.82, 2.24) is 9.97 Å². The van der Waals surface area contributed by atoms with Crippen LogP contribution in [0.3, 0.4) is 0 Å². The second-order valence-electron chi connectivity index (χ2n) is 5.44. The quantitative estimate of drug-likeness (QED) is 0.775. The summed E-state index contributed by atoms with van der Waals surface area (Å²) in [4.78, 5) is 9.05. The van der Waals surface area contributed by atoms with Gasteiger partial charge in [-0.15, -0.1) is 0 Å². The number of para-hydroxylation sites is 1. The average Bonchev–Trinajstić information content (AvgIpc) is 2.81. The summed E-state index contributed by atoms with van der Waals surface area (Å²) < 4.78 is 5.92. The molecule has 0 saturated heterocycles. The summed E-state index contributed by atoms with van der Waals surface area (Å²) in [5, 5.41) is 0.544. The molecule has 1 aliphatic heterocycles. The summed E-state index contributed by atoms with van der Waals surface area (Å²) >= 11 is 6.31. The van der Waals surface area contributed by atoms with Gasteiger partial charge in [-0.3, -0.25) is 0 Å². The third kappa shape index (κ3) is 2.27. The van der Waals surface area contributed by atoms with Gasteiger partial charge in [-0.25, -0.2) is 9.97 Å². The molecule has 3 nitrogen and oxygen atoms in total. The molecule has 0 saturated carbocycles. The Balaban J connectivity index is 1.94. The number of hydrogen-bond acceptors (Lipinski definition) is 3. The van der Waals surface area contributed by atoms with Crippen LogP contribution in [0.2, 0.25) is 5.15 Å². The van der Waals surface area contributed by atoms with Crippen molar-refractivity contribution in [2.45, 2.75) is 39.2 Å². The van der Waals surface area contributed by atoms with Crippen LogP contribution < -0.4 is 4.74 Å². The SMILES string of the molecule is Cc1nc(C2Cc3ccccc3O2)nc(Cl)c1C(C)C. The van der Waals surface area contributed by atoms with Gasteiger partial charge in [-0.2, -0.15) is 0 Å². The molecule has 20 heavy (non-hydrogen) atoms. The summed E-state index contributed by atoms with van der Waals surface area (Å²) in [7, 11) is 0. The first-order chi connectivity index (χ1) is 9.56. The minimum Gasteiger partial charge on any atom is -0.482 e. The Kier molecular flexibility index (Phi) is 3.38. The van der Waals surface area contributed by atoms with Gasteiger partial charge in [0.2, 0.25) is 0 Å². The van der Waals surface area contributed by atoms with E-state index in [9.17, 15) is 0 Å².